The summed E-state index contributed by atoms with van der Waals surface area (Å²) in [4.78, 5) is 10.6. The summed E-state index contributed by atoms with van der Waals surface area (Å²) in [6.45, 7) is 0. The van der Waals surface area contributed by atoms with Gasteiger partial charge >= 0.3 is 6.09 Å². The summed E-state index contributed by atoms with van der Waals surface area (Å²) in [5, 5.41) is 11.3. The summed E-state index contributed by atoms with van der Waals surface area (Å²) in [6, 6.07) is 9.74. The summed E-state index contributed by atoms with van der Waals surface area (Å²) in [7, 11) is 0. The zero-order valence-electron chi connectivity index (χ0n) is 7.81. The quantitative estimate of drug-likeness (QED) is 0.770. The van der Waals surface area contributed by atoms with Gasteiger partial charge in [-0.2, -0.15) is 0 Å². The number of hydrogen-bond acceptors (Lipinski definition) is 1. The van der Waals surface area contributed by atoms with Crippen LogP contribution >= 0.6 is 0 Å². The number of carboxylic acid groups (broad SMARTS) is 1. The van der Waals surface area contributed by atoms with Crippen molar-refractivity contribution in [3.63, 3.8) is 0 Å². The highest BCUT2D eigenvalue weighted by atomic mass is 16.4. The van der Waals surface area contributed by atoms with Gasteiger partial charge in [0.25, 0.3) is 0 Å². The van der Waals surface area contributed by atoms with Gasteiger partial charge in [0, 0.05) is 0 Å². The van der Waals surface area contributed by atoms with E-state index in [1.54, 1.807) is 0 Å². The molecule has 0 spiro atoms. The van der Waals surface area contributed by atoms with Crippen molar-refractivity contribution in [2.45, 2.75) is 18.9 Å². The van der Waals surface area contributed by atoms with Gasteiger partial charge in [-0.25, -0.2) is 4.79 Å². The van der Waals surface area contributed by atoms with Gasteiger partial charge in [-0.05, 0) is 24.3 Å². The monoisotopic (exact) mass is 191 g/mol. The highest BCUT2D eigenvalue weighted by molar-refractivity contribution is 5.65. The summed E-state index contributed by atoms with van der Waals surface area (Å²) in [6.07, 6.45) is 1.31. The van der Waals surface area contributed by atoms with Crippen molar-refractivity contribution in [1.82, 2.24) is 5.32 Å². The van der Waals surface area contributed by atoms with E-state index in [0.717, 1.165) is 18.4 Å². The number of amides is 1. The van der Waals surface area contributed by atoms with Crippen LogP contribution in [0.25, 0.3) is 0 Å². The van der Waals surface area contributed by atoms with Crippen molar-refractivity contribution in [3.8, 4) is 0 Å². The minimum Gasteiger partial charge on any atom is -0.465 e. The number of rotatable bonds is 3. The minimum atomic E-state index is -0.939. The maximum Gasteiger partial charge on any atom is 0.405 e. The fourth-order valence-corrected chi connectivity index (χ4v) is 1.70. The molecule has 0 heterocycles. The average Bonchev–Trinajstić information content (AvgIpc) is 2.99. The second-order valence-corrected chi connectivity index (χ2v) is 3.68. The van der Waals surface area contributed by atoms with Gasteiger partial charge in [0.05, 0.1) is 6.04 Å². The van der Waals surface area contributed by atoms with Gasteiger partial charge in [-0.15, -0.1) is 0 Å². The van der Waals surface area contributed by atoms with E-state index in [9.17, 15) is 4.79 Å². The van der Waals surface area contributed by atoms with Gasteiger partial charge in [-0.3, -0.25) is 0 Å². The average molecular weight is 191 g/mol. The lowest BCUT2D eigenvalue weighted by Crippen LogP contribution is -2.28. The molecule has 0 bridgehead atoms. The Labute approximate surface area is 82.8 Å². The van der Waals surface area contributed by atoms with E-state index in [-0.39, 0.29) is 6.04 Å². The largest absolute Gasteiger partial charge is 0.465 e. The smallest absolute Gasteiger partial charge is 0.405 e. The zero-order valence-corrected chi connectivity index (χ0v) is 7.81. The second-order valence-electron chi connectivity index (χ2n) is 3.68. The molecule has 74 valence electrons. The predicted octanol–water partition coefficient (Wildman–Crippen LogP) is 2.41. The Bertz CT molecular complexity index is 319. The lowest BCUT2D eigenvalue weighted by Gasteiger charge is -2.16. The molecule has 3 nitrogen and oxygen atoms in total. The Balaban J connectivity index is 2.14. The third-order valence-corrected chi connectivity index (χ3v) is 2.53. The van der Waals surface area contributed by atoms with Crippen LogP contribution in [-0.2, 0) is 0 Å². The molecule has 1 fully saturated rings. The van der Waals surface area contributed by atoms with E-state index >= 15 is 0 Å². The molecule has 2 N–H and O–H groups in total. The van der Waals surface area contributed by atoms with Gasteiger partial charge in [-0.1, -0.05) is 30.3 Å². The van der Waals surface area contributed by atoms with E-state index in [0.29, 0.717) is 5.92 Å². The normalized spacial score (nSPS) is 17.4. The third-order valence-electron chi connectivity index (χ3n) is 2.53. The summed E-state index contributed by atoms with van der Waals surface area (Å²) in [5.41, 5.74) is 1.07. The van der Waals surface area contributed by atoms with Crippen LogP contribution in [0.15, 0.2) is 30.3 Å². The standard InChI is InChI=1S/C11H13NO2/c13-11(14)12-10(9-6-7-9)8-4-2-1-3-5-8/h1-5,9-10,12H,6-7H2,(H,13,14)/t10-/m1/s1. The minimum absolute atomic E-state index is 0.0197. The molecule has 0 unspecified atom stereocenters. The first-order valence-corrected chi connectivity index (χ1v) is 4.82. The fourth-order valence-electron chi connectivity index (χ4n) is 1.70. The van der Waals surface area contributed by atoms with Crippen LogP contribution < -0.4 is 5.32 Å². The molecule has 3 heteroatoms. The van der Waals surface area contributed by atoms with Crippen LogP contribution in [0.1, 0.15) is 24.4 Å². The van der Waals surface area contributed by atoms with Gasteiger partial charge in [0.2, 0.25) is 0 Å². The highest BCUT2D eigenvalue weighted by Gasteiger charge is 2.33. The molecule has 1 amide bonds. The van der Waals surface area contributed by atoms with Crippen molar-refractivity contribution in [3.05, 3.63) is 35.9 Å². The molecular formula is C11H13NO2. The molecule has 1 aliphatic carbocycles. The molecule has 1 aromatic rings. The van der Waals surface area contributed by atoms with Crippen LogP contribution in [0.3, 0.4) is 0 Å². The number of hydrogen-bond donors (Lipinski definition) is 2. The van der Waals surface area contributed by atoms with Gasteiger partial charge in [0.1, 0.15) is 0 Å². The first kappa shape index (κ1) is 9.06. The first-order chi connectivity index (χ1) is 6.77. The van der Waals surface area contributed by atoms with Crippen LogP contribution in [-0.4, -0.2) is 11.2 Å². The topological polar surface area (TPSA) is 49.3 Å². The summed E-state index contributed by atoms with van der Waals surface area (Å²) < 4.78 is 0. The van der Waals surface area contributed by atoms with Crippen LogP contribution in [0.5, 0.6) is 0 Å². The molecule has 1 saturated carbocycles. The fraction of sp³-hybridized carbons (Fsp3) is 0.364. The number of carbonyl (C=O) groups is 1. The van der Waals surface area contributed by atoms with Crippen LogP contribution in [0.2, 0.25) is 0 Å². The van der Waals surface area contributed by atoms with Crippen molar-refractivity contribution >= 4 is 6.09 Å². The van der Waals surface area contributed by atoms with E-state index in [1.165, 1.54) is 0 Å². The Kier molecular flexibility index (Phi) is 2.39. The van der Waals surface area contributed by atoms with E-state index in [2.05, 4.69) is 5.32 Å². The SMILES string of the molecule is O=C(O)N[C@H](c1ccccc1)C1CC1. The van der Waals surface area contributed by atoms with E-state index in [4.69, 9.17) is 5.11 Å². The lowest BCUT2D eigenvalue weighted by atomic mass is 10.0. The Morgan fingerprint density at radius 1 is 1.36 bits per heavy atom. The van der Waals surface area contributed by atoms with Gasteiger partial charge < -0.3 is 10.4 Å². The molecule has 0 aliphatic heterocycles. The summed E-state index contributed by atoms with van der Waals surface area (Å²) >= 11 is 0. The molecule has 1 aromatic carbocycles. The highest BCUT2D eigenvalue weighted by Crippen LogP contribution is 2.40. The van der Waals surface area contributed by atoms with Crippen molar-refractivity contribution in [1.29, 1.82) is 0 Å². The predicted molar refractivity (Wildman–Crippen MR) is 53.1 cm³/mol. The second kappa shape index (κ2) is 3.70. The maximum atomic E-state index is 10.6. The molecule has 0 saturated heterocycles. The molecule has 1 aliphatic rings. The molecule has 1 atom stereocenters. The molecule has 14 heavy (non-hydrogen) atoms. The Morgan fingerprint density at radius 3 is 2.50 bits per heavy atom. The molecular weight excluding hydrogens is 178 g/mol. The first-order valence-electron chi connectivity index (χ1n) is 4.82. The molecule has 2 rings (SSSR count). The van der Waals surface area contributed by atoms with Crippen LogP contribution in [0, 0.1) is 5.92 Å². The third kappa shape index (κ3) is 2.05. The van der Waals surface area contributed by atoms with Crippen molar-refractivity contribution in [2.24, 2.45) is 5.92 Å². The zero-order chi connectivity index (χ0) is 9.97. The number of nitrogens with one attached hydrogen (secondary N) is 1. The number of benzene rings is 1. The van der Waals surface area contributed by atoms with E-state index in [1.807, 2.05) is 30.3 Å². The lowest BCUT2D eigenvalue weighted by molar-refractivity contribution is 0.188. The van der Waals surface area contributed by atoms with Crippen LogP contribution in [0.4, 0.5) is 4.79 Å². The Hall–Kier alpha value is -1.51. The van der Waals surface area contributed by atoms with Gasteiger partial charge in [0.15, 0.2) is 0 Å². The van der Waals surface area contributed by atoms with Crippen molar-refractivity contribution in [2.75, 3.05) is 0 Å². The van der Waals surface area contributed by atoms with Crippen molar-refractivity contribution < 1.29 is 9.90 Å². The van der Waals surface area contributed by atoms with E-state index < -0.39 is 6.09 Å². The summed E-state index contributed by atoms with van der Waals surface area (Å²) in [5.74, 6) is 0.494. The molecule has 0 aromatic heterocycles. The maximum absolute atomic E-state index is 10.6. The molecule has 0 radical (unpaired) electrons. The Morgan fingerprint density at radius 2 is 2.00 bits per heavy atom.